The Hall–Kier alpha value is -1.84. The van der Waals surface area contributed by atoms with Crippen LogP contribution in [-0.2, 0) is 9.59 Å². The molecule has 22 heavy (non-hydrogen) atoms. The number of hydrogen-bond donors (Lipinski definition) is 1. The first-order valence-corrected chi connectivity index (χ1v) is 7.99. The van der Waals surface area contributed by atoms with Crippen LogP contribution < -0.4 is 10.1 Å². The molecule has 0 unspecified atom stereocenters. The summed E-state index contributed by atoms with van der Waals surface area (Å²) in [5.74, 6) is 1.08. The summed E-state index contributed by atoms with van der Waals surface area (Å²) in [7, 11) is 0. The molecular weight excluding hydrogens is 278 g/mol. The van der Waals surface area contributed by atoms with Crippen molar-refractivity contribution in [1.82, 2.24) is 0 Å². The van der Waals surface area contributed by atoms with Gasteiger partial charge >= 0.3 is 0 Å². The first kappa shape index (κ1) is 15.1. The highest BCUT2D eigenvalue weighted by Crippen LogP contribution is 2.60. The lowest BCUT2D eigenvalue weighted by Gasteiger charge is -2.32. The van der Waals surface area contributed by atoms with Gasteiger partial charge in [0.15, 0.2) is 5.78 Å². The van der Waals surface area contributed by atoms with Crippen molar-refractivity contribution in [1.29, 1.82) is 0 Å². The van der Waals surface area contributed by atoms with Crippen LogP contribution in [0.5, 0.6) is 5.75 Å². The average molecular weight is 301 g/mol. The minimum atomic E-state index is -0.813. The number of carbonyl (C=O) groups excluding carboxylic acids is 2. The van der Waals surface area contributed by atoms with E-state index in [0.29, 0.717) is 31.1 Å². The standard InChI is InChI=1S/C18H23NO3/c1-4-22-14-7-5-13(6-8-14)19-16(21)18-10-9-12(11-18)17(2,3)15(18)20/h5-8,12H,4,9-11H2,1-3H3,(H,19,21)/t12-,18-/m0/s1. The van der Waals surface area contributed by atoms with Gasteiger partial charge in [0.05, 0.1) is 6.61 Å². The predicted molar refractivity (Wildman–Crippen MR) is 84.8 cm³/mol. The highest BCUT2D eigenvalue weighted by Gasteiger charge is 2.64. The van der Waals surface area contributed by atoms with Gasteiger partial charge in [0.1, 0.15) is 11.2 Å². The van der Waals surface area contributed by atoms with Crippen LogP contribution in [0.25, 0.3) is 0 Å². The van der Waals surface area contributed by atoms with Crippen LogP contribution in [0.2, 0.25) is 0 Å². The molecule has 0 heterocycles. The van der Waals surface area contributed by atoms with E-state index >= 15 is 0 Å². The molecule has 1 N–H and O–H groups in total. The Bertz CT molecular complexity index is 605. The molecule has 4 heteroatoms. The third-order valence-electron chi connectivity index (χ3n) is 5.41. The fourth-order valence-corrected chi connectivity index (χ4v) is 4.03. The summed E-state index contributed by atoms with van der Waals surface area (Å²) >= 11 is 0. The van der Waals surface area contributed by atoms with Crippen LogP contribution in [-0.4, -0.2) is 18.3 Å². The van der Waals surface area contributed by atoms with Crippen LogP contribution in [0, 0.1) is 16.7 Å². The first-order chi connectivity index (χ1) is 10.4. The molecule has 118 valence electrons. The van der Waals surface area contributed by atoms with Gasteiger partial charge in [0.2, 0.25) is 5.91 Å². The van der Waals surface area contributed by atoms with E-state index in [0.717, 1.165) is 12.2 Å². The van der Waals surface area contributed by atoms with Gasteiger partial charge < -0.3 is 10.1 Å². The quantitative estimate of drug-likeness (QED) is 0.867. The molecule has 0 saturated heterocycles. The van der Waals surface area contributed by atoms with Gasteiger partial charge in [0, 0.05) is 11.1 Å². The van der Waals surface area contributed by atoms with E-state index in [9.17, 15) is 9.59 Å². The summed E-state index contributed by atoms with van der Waals surface area (Å²) in [5, 5.41) is 2.92. The number of ketones is 1. The van der Waals surface area contributed by atoms with E-state index in [2.05, 4.69) is 5.32 Å². The normalized spacial score (nSPS) is 28.7. The van der Waals surface area contributed by atoms with Crippen LogP contribution in [0.15, 0.2) is 24.3 Å². The third kappa shape index (κ3) is 2.13. The maximum absolute atomic E-state index is 12.7. The molecule has 1 aromatic rings. The van der Waals surface area contributed by atoms with Crippen LogP contribution in [0.1, 0.15) is 40.0 Å². The number of fused-ring (bicyclic) bond motifs is 2. The molecule has 2 fully saturated rings. The largest absolute Gasteiger partial charge is 0.494 e. The number of hydrogen-bond acceptors (Lipinski definition) is 3. The average Bonchev–Trinajstić information content (AvgIpc) is 3.02. The maximum atomic E-state index is 12.7. The van der Waals surface area contributed by atoms with Gasteiger partial charge in [-0.1, -0.05) is 13.8 Å². The van der Waals surface area contributed by atoms with Gasteiger partial charge in [0.25, 0.3) is 0 Å². The van der Waals surface area contributed by atoms with Crippen LogP contribution in [0.3, 0.4) is 0 Å². The number of rotatable bonds is 4. The highest BCUT2D eigenvalue weighted by atomic mass is 16.5. The summed E-state index contributed by atoms with van der Waals surface area (Å²) in [5.41, 5.74) is -0.468. The van der Waals surface area contributed by atoms with Crippen molar-refractivity contribution in [3.63, 3.8) is 0 Å². The Balaban J connectivity index is 1.76. The summed E-state index contributed by atoms with van der Waals surface area (Å²) in [6.45, 7) is 6.49. The Morgan fingerprint density at radius 2 is 2.00 bits per heavy atom. The summed E-state index contributed by atoms with van der Waals surface area (Å²) in [4.78, 5) is 25.4. The molecule has 3 rings (SSSR count). The van der Waals surface area contributed by atoms with E-state index in [1.165, 1.54) is 0 Å². The number of amides is 1. The van der Waals surface area contributed by atoms with Gasteiger partial charge in [-0.05, 0) is 56.4 Å². The fourth-order valence-electron chi connectivity index (χ4n) is 4.03. The lowest BCUT2D eigenvalue weighted by Crippen LogP contribution is -2.44. The molecular formula is C18H23NO3. The SMILES string of the molecule is CCOc1ccc(NC(=O)[C@@]23CC[C@@H](C2)C(C)(C)C3=O)cc1. The van der Waals surface area contributed by atoms with Crippen molar-refractivity contribution in [2.45, 2.75) is 40.0 Å². The molecule has 2 bridgehead atoms. The van der Waals surface area contributed by atoms with Gasteiger partial charge in [-0.15, -0.1) is 0 Å². The molecule has 2 aliphatic carbocycles. The second kappa shape index (κ2) is 5.11. The number of benzene rings is 1. The molecule has 0 aromatic heterocycles. The zero-order valence-corrected chi connectivity index (χ0v) is 13.4. The molecule has 0 aliphatic heterocycles. The number of anilines is 1. The second-order valence-electron chi connectivity index (χ2n) is 6.98. The third-order valence-corrected chi connectivity index (χ3v) is 5.41. The number of carbonyl (C=O) groups is 2. The van der Waals surface area contributed by atoms with E-state index < -0.39 is 5.41 Å². The topological polar surface area (TPSA) is 55.4 Å². The van der Waals surface area contributed by atoms with Gasteiger partial charge in [-0.3, -0.25) is 9.59 Å². The number of Topliss-reactive ketones (excluding diaryl/α,β-unsaturated/α-hetero) is 1. The van der Waals surface area contributed by atoms with Crippen molar-refractivity contribution >= 4 is 17.4 Å². The minimum absolute atomic E-state index is 0.111. The smallest absolute Gasteiger partial charge is 0.238 e. The lowest BCUT2D eigenvalue weighted by atomic mass is 9.70. The van der Waals surface area contributed by atoms with Crippen molar-refractivity contribution in [2.24, 2.45) is 16.7 Å². The lowest BCUT2D eigenvalue weighted by molar-refractivity contribution is -0.142. The van der Waals surface area contributed by atoms with Gasteiger partial charge in [-0.25, -0.2) is 0 Å². The summed E-state index contributed by atoms with van der Waals surface area (Å²) < 4.78 is 5.39. The van der Waals surface area contributed by atoms with Crippen molar-refractivity contribution < 1.29 is 14.3 Å². The van der Waals surface area contributed by atoms with E-state index in [1.807, 2.05) is 45.0 Å². The Morgan fingerprint density at radius 1 is 1.32 bits per heavy atom. The summed E-state index contributed by atoms with van der Waals surface area (Å²) in [6.07, 6.45) is 2.35. The first-order valence-electron chi connectivity index (χ1n) is 7.99. The van der Waals surface area contributed by atoms with E-state index in [4.69, 9.17) is 4.74 Å². The molecule has 2 saturated carbocycles. The number of nitrogens with one attached hydrogen (secondary N) is 1. The molecule has 4 nitrogen and oxygen atoms in total. The predicted octanol–water partition coefficient (Wildman–Crippen LogP) is 3.42. The van der Waals surface area contributed by atoms with Crippen molar-refractivity contribution in [3.05, 3.63) is 24.3 Å². The number of ether oxygens (including phenoxy) is 1. The molecule has 2 aliphatic rings. The van der Waals surface area contributed by atoms with Crippen LogP contribution >= 0.6 is 0 Å². The zero-order chi connectivity index (χ0) is 16.0. The molecule has 1 aromatic carbocycles. The zero-order valence-electron chi connectivity index (χ0n) is 13.4. The van der Waals surface area contributed by atoms with E-state index in [1.54, 1.807) is 0 Å². The fraction of sp³-hybridized carbons (Fsp3) is 0.556. The van der Waals surface area contributed by atoms with Crippen molar-refractivity contribution in [2.75, 3.05) is 11.9 Å². The van der Waals surface area contributed by atoms with E-state index in [-0.39, 0.29) is 17.1 Å². The summed E-state index contributed by atoms with van der Waals surface area (Å²) in [6, 6.07) is 7.29. The molecule has 1 amide bonds. The monoisotopic (exact) mass is 301 g/mol. The second-order valence-corrected chi connectivity index (χ2v) is 6.98. The Labute approximate surface area is 131 Å². The molecule has 0 spiro atoms. The van der Waals surface area contributed by atoms with Gasteiger partial charge in [-0.2, -0.15) is 0 Å². The van der Waals surface area contributed by atoms with Crippen LogP contribution in [0.4, 0.5) is 5.69 Å². The molecule has 2 atom stereocenters. The van der Waals surface area contributed by atoms with Crippen molar-refractivity contribution in [3.8, 4) is 5.75 Å². The maximum Gasteiger partial charge on any atom is 0.238 e. The Morgan fingerprint density at radius 3 is 2.55 bits per heavy atom. The highest BCUT2D eigenvalue weighted by molar-refractivity contribution is 6.15. The minimum Gasteiger partial charge on any atom is -0.494 e. The Kier molecular flexibility index (Phi) is 3.50. The molecule has 0 radical (unpaired) electrons.